The lowest BCUT2D eigenvalue weighted by Crippen LogP contribution is -2.08. The predicted molar refractivity (Wildman–Crippen MR) is 165 cm³/mol. The maximum absolute atomic E-state index is 8.73. The minimum atomic E-state index is 0.0463. The molecular formula is C28H54N6O3S. The molecule has 38 heavy (non-hydrogen) atoms. The van der Waals surface area contributed by atoms with Crippen molar-refractivity contribution in [3.05, 3.63) is 12.7 Å². The van der Waals surface area contributed by atoms with Crippen molar-refractivity contribution in [3.63, 3.8) is 0 Å². The molecule has 2 aliphatic rings. The molecule has 9 nitrogen and oxygen atoms in total. The number of aliphatic hydroxyl groups excluding tert-OH is 2. The molecule has 1 aliphatic heterocycles. The average molecular weight is 555 g/mol. The second kappa shape index (κ2) is 29.2. The van der Waals surface area contributed by atoms with E-state index in [0.717, 1.165) is 64.5 Å². The number of imidazole rings is 1. The van der Waals surface area contributed by atoms with Gasteiger partial charge in [0, 0.05) is 26.4 Å². The van der Waals surface area contributed by atoms with Crippen LogP contribution in [0.4, 0.5) is 5.82 Å². The summed E-state index contributed by atoms with van der Waals surface area (Å²) in [6, 6.07) is 0.311. The molecule has 2 aromatic heterocycles. The summed E-state index contributed by atoms with van der Waals surface area (Å²) in [4.78, 5) is 13.0. The van der Waals surface area contributed by atoms with E-state index in [1.807, 2.05) is 32.3 Å². The van der Waals surface area contributed by atoms with Gasteiger partial charge in [-0.1, -0.05) is 59.2 Å². The topological polar surface area (TPSA) is 145 Å². The van der Waals surface area contributed by atoms with Crippen LogP contribution in [0.25, 0.3) is 11.2 Å². The van der Waals surface area contributed by atoms with E-state index in [2.05, 4.69) is 34.7 Å². The third kappa shape index (κ3) is 18.9. The number of terminal acetylenes is 1. The number of hydrogen-bond acceptors (Lipinski definition) is 8. The first-order valence-electron chi connectivity index (χ1n) is 13.7. The highest BCUT2D eigenvalue weighted by Crippen LogP contribution is 2.22. The fourth-order valence-corrected chi connectivity index (χ4v) is 3.63. The van der Waals surface area contributed by atoms with E-state index in [4.69, 9.17) is 38.6 Å². The molecule has 1 saturated heterocycles. The molecule has 1 saturated carbocycles. The summed E-state index contributed by atoms with van der Waals surface area (Å²) < 4.78 is 6.98. The summed E-state index contributed by atoms with van der Waals surface area (Å²) in [6.07, 6.45) is 22.3. The molecule has 1 aliphatic carbocycles. The van der Waals surface area contributed by atoms with Crippen LogP contribution in [0.5, 0.6) is 0 Å². The van der Waals surface area contributed by atoms with E-state index in [9.17, 15) is 0 Å². The third-order valence-corrected chi connectivity index (χ3v) is 5.51. The van der Waals surface area contributed by atoms with Crippen LogP contribution in [0.1, 0.15) is 105 Å². The molecule has 0 aromatic carbocycles. The Balaban J connectivity index is -0.000000526. The summed E-state index contributed by atoms with van der Waals surface area (Å²) in [6.45, 7) is 12.1. The Labute approximate surface area is 236 Å². The Morgan fingerprint density at radius 1 is 1.05 bits per heavy atom. The zero-order valence-corrected chi connectivity index (χ0v) is 25.4. The Hall–Kier alpha value is -2.32. The number of nitrogen functional groups attached to an aromatic ring is 1. The van der Waals surface area contributed by atoms with Crippen LogP contribution in [-0.4, -0.2) is 61.1 Å². The zero-order valence-electron chi connectivity index (χ0n) is 24.6. The smallest absolute Gasteiger partial charge is 0.165 e. The van der Waals surface area contributed by atoms with Gasteiger partial charge >= 0.3 is 0 Å². The quantitative estimate of drug-likeness (QED) is 0.208. The molecule has 220 valence electrons. The first kappa shape index (κ1) is 40.2. The van der Waals surface area contributed by atoms with Gasteiger partial charge < -0.3 is 31.0 Å². The number of nitrogens with two attached hydrogens (primary N) is 2. The van der Waals surface area contributed by atoms with Crippen molar-refractivity contribution in [3.8, 4) is 12.8 Å². The molecular weight excluding hydrogens is 500 g/mol. The Bertz CT molecular complexity index is 799. The van der Waals surface area contributed by atoms with Gasteiger partial charge in [-0.3, -0.25) is 0 Å². The first-order valence-corrected chi connectivity index (χ1v) is 14.1. The molecule has 4 rings (SSSR count). The highest BCUT2D eigenvalue weighted by atomic mass is 32.1. The van der Waals surface area contributed by atoms with Gasteiger partial charge in [0.05, 0.1) is 17.4 Å². The molecule has 3 heterocycles. The first-order chi connectivity index (χ1) is 18.5. The minimum absolute atomic E-state index is 0.0463. The van der Waals surface area contributed by atoms with Crippen LogP contribution in [0.3, 0.4) is 0 Å². The molecule has 0 amide bonds. The number of thiocarbonyl (C=S) groups is 1. The molecule has 2 aromatic rings. The molecule has 0 spiro atoms. The number of aliphatic hydroxyl groups is 2. The number of nitrogens with zero attached hydrogens (tertiary/aromatic N) is 4. The number of rotatable bonds is 6. The summed E-state index contributed by atoms with van der Waals surface area (Å²) in [5.74, 6) is 0.421. The fourth-order valence-electron chi connectivity index (χ4n) is 3.49. The lowest BCUT2D eigenvalue weighted by Gasteiger charge is -2.13. The normalized spacial score (nSPS) is 14.1. The van der Waals surface area contributed by atoms with Crippen LogP contribution < -0.4 is 11.5 Å². The van der Waals surface area contributed by atoms with Gasteiger partial charge in [-0.15, -0.1) is 12.8 Å². The van der Waals surface area contributed by atoms with Crippen molar-refractivity contribution < 1.29 is 14.9 Å². The van der Waals surface area contributed by atoms with Crippen LogP contribution in [0, 0.1) is 12.8 Å². The van der Waals surface area contributed by atoms with Gasteiger partial charge in [0.15, 0.2) is 11.5 Å². The van der Waals surface area contributed by atoms with Crippen LogP contribution in [0.15, 0.2) is 12.7 Å². The van der Waals surface area contributed by atoms with Crippen molar-refractivity contribution in [2.45, 2.75) is 111 Å². The number of hydrogen-bond donors (Lipinski definition) is 4. The monoisotopic (exact) mass is 554 g/mol. The Kier molecular flexibility index (Phi) is 30.9. The summed E-state index contributed by atoms with van der Waals surface area (Å²) >= 11 is 4.86. The van der Waals surface area contributed by atoms with E-state index < -0.39 is 0 Å². The lowest BCUT2D eigenvalue weighted by atomic mass is 10.1. The van der Waals surface area contributed by atoms with Gasteiger partial charge in [-0.25, -0.2) is 15.0 Å². The van der Waals surface area contributed by atoms with Crippen LogP contribution in [-0.2, 0) is 4.74 Å². The second-order valence-corrected chi connectivity index (χ2v) is 8.43. The van der Waals surface area contributed by atoms with Gasteiger partial charge in [0.25, 0.3) is 0 Å². The van der Waals surface area contributed by atoms with Gasteiger partial charge in [0.1, 0.15) is 11.8 Å². The Morgan fingerprint density at radius 3 is 2.03 bits per heavy atom. The van der Waals surface area contributed by atoms with Crippen LogP contribution >= 0.6 is 12.2 Å². The lowest BCUT2D eigenvalue weighted by molar-refractivity contribution is 0.183. The minimum Gasteiger partial charge on any atom is -0.400 e. The van der Waals surface area contributed by atoms with Crippen molar-refractivity contribution in [2.24, 2.45) is 5.73 Å². The van der Waals surface area contributed by atoms with Gasteiger partial charge in [-0.2, -0.15) is 0 Å². The zero-order chi connectivity index (χ0) is 29.8. The molecule has 2 fully saturated rings. The second-order valence-electron chi connectivity index (χ2n) is 7.90. The van der Waals surface area contributed by atoms with E-state index in [1.54, 1.807) is 6.33 Å². The number of unbranched alkanes of at least 4 members (excludes halogenated alkanes) is 1. The van der Waals surface area contributed by atoms with Crippen molar-refractivity contribution >= 4 is 34.2 Å². The predicted octanol–water partition coefficient (Wildman–Crippen LogP) is 5.44. The largest absolute Gasteiger partial charge is 0.400 e. The standard InChI is InChI=1S/C12H18N6S.C5H10O.C4H8O.2C2H6.C2H2.CH4O/c1-8(4-2-3-5-9(13)19)18-7-17-10-11(14)15-6-16-12(10)18;6-5-3-1-2-4-5;1-2-4-5-3-1;4*1-2/h6-8H,2-5H2,1H3,(H2,13,19)(H2,14,15,16);5-6H,1-4H2;1-4H2;2*1-2H3;1-2H;2H,1H3. The average Bonchev–Trinajstić information content (AvgIpc) is 3.76. The molecule has 10 heteroatoms. The molecule has 0 radical (unpaired) electrons. The van der Waals surface area contributed by atoms with E-state index >= 15 is 0 Å². The Morgan fingerprint density at radius 2 is 1.61 bits per heavy atom. The number of aromatic nitrogens is 4. The summed E-state index contributed by atoms with van der Waals surface area (Å²) in [5, 5.41) is 15.7. The van der Waals surface area contributed by atoms with Gasteiger partial charge in [-0.05, 0) is 51.9 Å². The third-order valence-electron chi connectivity index (χ3n) is 5.31. The molecule has 1 unspecified atom stereocenters. The number of ether oxygens (including phenoxy) is 1. The van der Waals surface area contributed by atoms with Crippen molar-refractivity contribution in [1.82, 2.24) is 19.5 Å². The fraction of sp³-hybridized carbons (Fsp3) is 0.714. The number of anilines is 1. The highest BCUT2D eigenvalue weighted by Gasteiger charge is 2.12. The number of fused-ring (bicyclic) bond motifs is 1. The highest BCUT2D eigenvalue weighted by molar-refractivity contribution is 7.80. The van der Waals surface area contributed by atoms with Crippen molar-refractivity contribution in [2.75, 3.05) is 26.1 Å². The van der Waals surface area contributed by atoms with Crippen LogP contribution in [0.2, 0.25) is 0 Å². The van der Waals surface area contributed by atoms with Gasteiger partial charge in [0.2, 0.25) is 0 Å². The molecule has 0 bridgehead atoms. The van der Waals surface area contributed by atoms with E-state index in [0.29, 0.717) is 22.4 Å². The SMILES string of the molecule is C#C.C1CCOC1.CC.CC.CC(CCCCC(N)=S)n1cnc2c(N)ncnc21.CO.OC1CCCC1. The maximum Gasteiger partial charge on any atom is 0.165 e. The summed E-state index contributed by atoms with van der Waals surface area (Å²) in [7, 11) is 1.00. The van der Waals surface area contributed by atoms with E-state index in [-0.39, 0.29) is 6.10 Å². The van der Waals surface area contributed by atoms with Crippen molar-refractivity contribution in [1.29, 1.82) is 0 Å². The maximum atomic E-state index is 8.73. The molecule has 1 atom stereocenters. The summed E-state index contributed by atoms with van der Waals surface area (Å²) in [5.41, 5.74) is 12.7. The molecule has 6 N–H and O–H groups in total. The van der Waals surface area contributed by atoms with E-state index in [1.165, 1.54) is 32.0 Å².